The van der Waals surface area contributed by atoms with Gasteiger partial charge in [0.1, 0.15) is 5.75 Å². The molecule has 0 saturated carbocycles. The van der Waals surface area contributed by atoms with Crippen molar-refractivity contribution in [1.29, 1.82) is 0 Å². The molecule has 0 aromatic heterocycles. The number of unbranched alkanes of at least 4 members (excludes halogenated alkanes) is 20. The van der Waals surface area contributed by atoms with Crippen molar-refractivity contribution >= 4 is 5.97 Å². The molecule has 0 heterocycles. The zero-order valence-corrected chi connectivity index (χ0v) is 27.0. The Kier molecular flexibility index (Phi) is 21.4. The molecule has 0 fully saturated rings. The van der Waals surface area contributed by atoms with Gasteiger partial charge in [-0.2, -0.15) is 0 Å². The molecule has 0 spiro atoms. The van der Waals surface area contributed by atoms with Crippen molar-refractivity contribution in [1.82, 2.24) is 0 Å². The Hall–Kier alpha value is -1.31. The second kappa shape index (κ2) is 23.4. The normalized spacial score (nSPS) is 12.9. The predicted molar refractivity (Wildman–Crippen MR) is 172 cm³/mol. The van der Waals surface area contributed by atoms with Crippen molar-refractivity contribution in [3.05, 3.63) is 29.3 Å². The van der Waals surface area contributed by atoms with Crippen LogP contribution < -0.4 is 4.74 Å². The van der Waals surface area contributed by atoms with Gasteiger partial charge in [0.2, 0.25) is 0 Å². The summed E-state index contributed by atoms with van der Waals surface area (Å²) < 4.78 is 5.98. The Morgan fingerprint density at radius 3 is 1.28 bits per heavy atom. The summed E-state index contributed by atoms with van der Waals surface area (Å²) in [5, 5.41) is 0. The van der Waals surface area contributed by atoms with Gasteiger partial charge in [-0.25, -0.2) is 0 Å². The van der Waals surface area contributed by atoms with E-state index in [9.17, 15) is 4.79 Å². The van der Waals surface area contributed by atoms with Gasteiger partial charge >= 0.3 is 5.97 Å². The summed E-state index contributed by atoms with van der Waals surface area (Å²) in [6.07, 6.45) is 31.4. The summed E-state index contributed by atoms with van der Waals surface area (Å²) in [6, 6.07) is 6.02. The summed E-state index contributed by atoms with van der Waals surface area (Å²) >= 11 is 0. The number of carbonyl (C=O) groups excluding carboxylic acids is 1. The zero-order chi connectivity index (χ0) is 28.6. The lowest BCUT2D eigenvalue weighted by atomic mass is 9.79. The van der Waals surface area contributed by atoms with Crippen LogP contribution in [-0.4, -0.2) is 5.97 Å². The lowest BCUT2D eigenvalue weighted by Crippen LogP contribution is -2.32. The molecule has 0 aliphatic carbocycles. The van der Waals surface area contributed by atoms with E-state index in [-0.39, 0.29) is 11.4 Å². The molecule has 0 N–H and O–H groups in total. The second-order valence-corrected chi connectivity index (χ2v) is 12.8. The maximum absolute atomic E-state index is 13.4. The monoisotopic (exact) mass is 543 g/mol. The fourth-order valence-electron chi connectivity index (χ4n) is 5.70. The van der Waals surface area contributed by atoms with Crippen molar-refractivity contribution in [3.8, 4) is 5.75 Å². The molecular weight excluding hydrogens is 476 g/mol. The van der Waals surface area contributed by atoms with Gasteiger partial charge in [0.05, 0.1) is 5.41 Å². The van der Waals surface area contributed by atoms with E-state index in [1.807, 2.05) is 12.1 Å². The van der Waals surface area contributed by atoms with Crippen LogP contribution in [0.5, 0.6) is 5.75 Å². The molecule has 1 aromatic carbocycles. The van der Waals surface area contributed by atoms with Crippen LogP contribution in [0.2, 0.25) is 0 Å². The van der Waals surface area contributed by atoms with Gasteiger partial charge in [-0.3, -0.25) is 4.79 Å². The summed E-state index contributed by atoms with van der Waals surface area (Å²) in [5.74, 6) is 0.678. The van der Waals surface area contributed by atoms with Crippen LogP contribution in [0.15, 0.2) is 18.2 Å². The summed E-state index contributed by atoms with van der Waals surface area (Å²) in [6.45, 7) is 10.9. The summed E-state index contributed by atoms with van der Waals surface area (Å²) in [5.41, 5.74) is 2.04. The van der Waals surface area contributed by atoms with Gasteiger partial charge in [-0.1, -0.05) is 161 Å². The number of ether oxygens (including phenoxy) is 1. The zero-order valence-electron chi connectivity index (χ0n) is 27.0. The first-order valence-corrected chi connectivity index (χ1v) is 17.2. The smallest absolute Gasteiger partial charge is 0.317 e. The SMILES string of the molecule is CCCCCCCCCCCCCCC(C)(CCCCCCCCCCCC)C(=O)Oc1ccc(C)c(C)c1. The van der Waals surface area contributed by atoms with Crippen LogP contribution in [-0.2, 0) is 4.79 Å². The molecule has 0 saturated heterocycles. The van der Waals surface area contributed by atoms with Crippen molar-refractivity contribution in [3.63, 3.8) is 0 Å². The Morgan fingerprint density at radius 2 is 0.923 bits per heavy atom. The van der Waals surface area contributed by atoms with E-state index in [0.717, 1.165) is 25.7 Å². The molecular formula is C37H66O2. The quantitative estimate of drug-likeness (QED) is 0.0661. The first-order valence-electron chi connectivity index (χ1n) is 17.2. The molecule has 0 radical (unpaired) electrons. The molecule has 2 heteroatoms. The molecule has 1 aromatic rings. The number of hydrogen-bond acceptors (Lipinski definition) is 2. The highest BCUT2D eigenvalue weighted by molar-refractivity contribution is 5.78. The molecule has 0 bridgehead atoms. The number of rotatable bonds is 26. The fourth-order valence-corrected chi connectivity index (χ4v) is 5.70. The van der Waals surface area contributed by atoms with Crippen molar-refractivity contribution in [2.75, 3.05) is 0 Å². The lowest BCUT2D eigenvalue weighted by molar-refractivity contribution is -0.146. The summed E-state index contributed by atoms with van der Waals surface area (Å²) in [7, 11) is 0. The van der Waals surface area contributed by atoms with E-state index < -0.39 is 0 Å². The maximum Gasteiger partial charge on any atom is 0.317 e. The van der Waals surface area contributed by atoms with Crippen LogP contribution in [0.25, 0.3) is 0 Å². The highest BCUT2D eigenvalue weighted by atomic mass is 16.5. The molecule has 0 aliphatic rings. The van der Waals surface area contributed by atoms with Gasteiger partial charge in [0, 0.05) is 0 Å². The molecule has 1 rings (SSSR count). The third kappa shape index (κ3) is 17.9. The van der Waals surface area contributed by atoms with Crippen molar-refractivity contribution in [2.24, 2.45) is 5.41 Å². The molecule has 0 aliphatic heterocycles. The Labute approximate surface area is 244 Å². The predicted octanol–water partition coefficient (Wildman–Crippen LogP) is 12.6. The number of esters is 1. The largest absolute Gasteiger partial charge is 0.426 e. The average molecular weight is 543 g/mol. The summed E-state index contributed by atoms with van der Waals surface area (Å²) in [4.78, 5) is 13.4. The molecule has 39 heavy (non-hydrogen) atoms. The van der Waals surface area contributed by atoms with Crippen LogP contribution in [0.1, 0.15) is 186 Å². The second-order valence-electron chi connectivity index (χ2n) is 12.8. The molecule has 226 valence electrons. The Balaban J connectivity index is 2.40. The maximum atomic E-state index is 13.4. The van der Waals surface area contributed by atoms with Crippen LogP contribution in [0.3, 0.4) is 0 Å². The van der Waals surface area contributed by atoms with E-state index in [4.69, 9.17) is 4.74 Å². The van der Waals surface area contributed by atoms with E-state index >= 15 is 0 Å². The van der Waals surface area contributed by atoms with Crippen LogP contribution in [0.4, 0.5) is 0 Å². The van der Waals surface area contributed by atoms with Crippen LogP contribution in [0, 0.1) is 19.3 Å². The lowest BCUT2D eigenvalue weighted by Gasteiger charge is -2.27. The first kappa shape index (κ1) is 35.7. The first-order chi connectivity index (χ1) is 18.9. The molecule has 1 unspecified atom stereocenters. The van der Waals surface area contributed by atoms with Crippen LogP contribution >= 0.6 is 0 Å². The highest BCUT2D eigenvalue weighted by Gasteiger charge is 2.34. The van der Waals surface area contributed by atoms with Gasteiger partial charge in [0.25, 0.3) is 0 Å². The number of benzene rings is 1. The van der Waals surface area contributed by atoms with Crippen molar-refractivity contribution < 1.29 is 9.53 Å². The highest BCUT2D eigenvalue weighted by Crippen LogP contribution is 2.34. The van der Waals surface area contributed by atoms with E-state index in [2.05, 4.69) is 40.7 Å². The minimum Gasteiger partial charge on any atom is -0.426 e. The third-order valence-corrected chi connectivity index (χ3v) is 8.85. The fraction of sp³-hybridized carbons (Fsp3) is 0.811. The van der Waals surface area contributed by atoms with Gasteiger partial charge in [0.15, 0.2) is 0 Å². The minimum atomic E-state index is -0.378. The Morgan fingerprint density at radius 1 is 0.564 bits per heavy atom. The molecule has 1 atom stereocenters. The topological polar surface area (TPSA) is 26.3 Å². The van der Waals surface area contributed by atoms with Gasteiger partial charge < -0.3 is 4.74 Å². The number of carbonyl (C=O) groups is 1. The number of hydrogen-bond donors (Lipinski definition) is 0. The van der Waals surface area contributed by atoms with E-state index in [1.165, 1.54) is 140 Å². The Bertz CT molecular complexity index is 724. The average Bonchev–Trinajstić information content (AvgIpc) is 2.92. The van der Waals surface area contributed by atoms with E-state index in [1.54, 1.807) is 0 Å². The van der Waals surface area contributed by atoms with E-state index in [0.29, 0.717) is 5.75 Å². The van der Waals surface area contributed by atoms with Gasteiger partial charge in [-0.15, -0.1) is 0 Å². The van der Waals surface area contributed by atoms with Crippen molar-refractivity contribution in [2.45, 2.75) is 189 Å². The van der Waals surface area contributed by atoms with Gasteiger partial charge in [-0.05, 0) is 56.9 Å². The minimum absolute atomic E-state index is 0.0234. The molecule has 2 nitrogen and oxygen atoms in total. The standard InChI is InChI=1S/C37H66O2/c1-6-8-10-12-14-16-18-19-21-23-25-27-31-37(5,30-26-24-22-20-17-15-13-11-9-7-2)36(38)39-35-29-28-33(3)34(4)32-35/h28-29,32H,6-27,30-31H2,1-5H3. The molecule has 0 amide bonds. The number of aryl methyl sites for hydroxylation is 2. The third-order valence-electron chi connectivity index (χ3n) is 8.85.